The van der Waals surface area contributed by atoms with Gasteiger partial charge in [0.2, 0.25) is 0 Å². The molecule has 0 amide bonds. The number of ether oxygens (including phenoxy) is 2. The normalized spacial score (nSPS) is 29.1. The fourth-order valence-corrected chi connectivity index (χ4v) is 2.67. The number of thiol groups is 1. The molecule has 1 rings (SSSR count). The second kappa shape index (κ2) is 7.65. The lowest BCUT2D eigenvalue weighted by Crippen LogP contribution is -2.32. The predicted octanol–water partition coefficient (Wildman–Crippen LogP) is 4.04. The van der Waals surface area contributed by atoms with Crippen molar-refractivity contribution in [3.05, 3.63) is 0 Å². The van der Waals surface area contributed by atoms with Crippen molar-refractivity contribution in [3.8, 4) is 0 Å². The highest BCUT2D eigenvalue weighted by Crippen LogP contribution is 2.36. The molecule has 0 spiro atoms. The van der Waals surface area contributed by atoms with Gasteiger partial charge in [0, 0.05) is 12.8 Å². The molecule has 2 unspecified atom stereocenters. The number of rotatable bonds is 8. The number of unbranched alkanes of at least 4 members (excludes halogenated alkanes) is 1. The summed E-state index contributed by atoms with van der Waals surface area (Å²) in [6.45, 7) is 7.46. The fraction of sp³-hybridized carbons (Fsp3) is 1.00. The average Bonchev–Trinajstić information content (AvgIpc) is 2.67. The van der Waals surface area contributed by atoms with E-state index in [0.29, 0.717) is 5.92 Å². The second-order valence-corrected chi connectivity index (χ2v) is 5.98. The van der Waals surface area contributed by atoms with E-state index in [1.807, 2.05) is 0 Å². The van der Waals surface area contributed by atoms with E-state index < -0.39 is 0 Å². The monoisotopic (exact) mass is 260 g/mol. The van der Waals surface area contributed by atoms with Crippen molar-refractivity contribution >= 4 is 12.6 Å². The van der Waals surface area contributed by atoms with Crippen LogP contribution in [0.4, 0.5) is 0 Å². The van der Waals surface area contributed by atoms with Crippen LogP contribution in [0.3, 0.4) is 0 Å². The minimum atomic E-state index is -0.286. The topological polar surface area (TPSA) is 18.5 Å². The van der Waals surface area contributed by atoms with E-state index in [2.05, 4.69) is 33.4 Å². The standard InChI is InChI=1S/C14H28O2S/c1-4-5-8-14(10-12(2)3)15-11-13(16-14)7-6-9-17/h12-13,17H,4-11H2,1-3H3. The lowest BCUT2D eigenvalue weighted by molar-refractivity contribution is -0.184. The molecular formula is C14H28O2S. The van der Waals surface area contributed by atoms with Crippen molar-refractivity contribution in [2.24, 2.45) is 5.92 Å². The molecule has 0 aliphatic carbocycles. The molecular weight excluding hydrogens is 232 g/mol. The van der Waals surface area contributed by atoms with E-state index in [4.69, 9.17) is 9.47 Å². The molecule has 3 heteroatoms. The van der Waals surface area contributed by atoms with Crippen molar-refractivity contribution in [2.45, 2.75) is 71.2 Å². The fourth-order valence-electron chi connectivity index (χ4n) is 2.49. The smallest absolute Gasteiger partial charge is 0.169 e. The van der Waals surface area contributed by atoms with Gasteiger partial charge in [0.1, 0.15) is 0 Å². The molecule has 0 aromatic heterocycles. The van der Waals surface area contributed by atoms with Crippen LogP contribution in [0.2, 0.25) is 0 Å². The van der Waals surface area contributed by atoms with Gasteiger partial charge in [0.15, 0.2) is 5.79 Å². The van der Waals surface area contributed by atoms with Crippen molar-refractivity contribution in [1.82, 2.24) is 0 Å². The third kappa shape index (κ3) is 5.19. The zero-order valence-corrected chi connectivity index (χ0v) is 12.5. The molecule has 0 aromatic rings. The van der Waals surface area contributed by atoms with Gasteiger partial charge >= 0.3 is 0 Å². The Morgan fingerprint density at radius 1 is 1.35 bits per heavy atom. The molecule has 0 N–H and O–H groups in total. The van der Waals surface area contributed by atoms with Gasteiger partial charge in [-0.25, -0.2) is 0 Å². The van der Waals surface area contributed by atoms with Crippen LogP contribution in [0.15, 0.2) is 0 Å². The summed E-state index contributed by atoms with van der Waals surface area (Å²) in [5.74, 6) is 1.27. The highest BCUT2D eigenvalue weighted by atomic mass is 32.1. The first kappa shape index (κ1) is 15.3. The Labute approximate surface area is 112 Å². The largest absolute Gasteiger partial charge is 0.347 e. The molecule has 1 saturated heterocycles. The first-order valence-corrected chi connectivity index (χ1v) is 7.67. The van der Waals surface area contributed by atoms with Crippen LogP contribution in [0, 0.1) is 5.92 Å². The zero-order chi connectivity index (χ0) is 12.7. The summed E-state index contributed by atoms with van der Waals surface area (Å²) in [7, 11) is 0. The van der Waals surface area contributed by atoms with Crippen LogP contribution < -0.4 is 0 Å². The van der Waals surface area contributed by atoms with Gasteiger partial charge in [0.25, 0.3) is 0 Å². The summed E-state index contributed by atoms with van der Waals surface area (Å²) in [4.78, 5) is 0. The molecule has 1 heterocycles. The molecule has 0 aromatic carbocycles. The van der Waals surface area contributed by atoms with E-state index in [1.165, 1.54) is 12.8 Å². The van der Waals surface area contributed by atoms with E-state index in [-0.39, 0.29) is 11.9 Å². The molecule has 1 fully saturated rings. The SMILES string of the molecule is CCCCC1(CC(C)C)OCC(CCCS)O1. The van der Waals surface area contributed by atoms with E-state index >= 15 is 0 Å². The van der Waals surface area contributed by atoms with Crippen molar-refractivity contribution in [1.29, 1.82) is 0 Å². The van der Waals surface area contributed by atoms with Crippen molar-refractivity contribution in [2.75, 3.05) is 12.4 Å². The summed E-state index contributed by atoms with van der Waals surface area (Å²) in [6.07, 6.45) is 6.93. The number of hydrogen-bond donors (Lipinski definition) is 1. The van der Waals surface area contributed by atoms with Crippen LogP contribution in [0.5, 0.6) is 0 Å². The molecule has 102 valence electrons. The lowest BCUT2D eigenvalue weighted by Gasteiger charge is -2.30. The van der Waals surface area contributed by atoms with Gasteiger partial charge in [0.05, 0.1) is 12.7 Å². The Bertz CT molecular complexity index is 208. The summed E-state index contributed by atoms with van der Waals surface area (Å²) in [5.41, 5.74) is 0. The van der Waals surface area contributed by atoms with Crippen LogP contribution in [0.25, 0.3) is 0 Å². The number of hydrogen-bond acceptors (Lipinski definition) is 3. The van der Waals surface area contributed by atoms with Crippen LogP contribution in [-0.2, 0) is 9.47 Å². The molecule has 0 saturated carbocycles. The van der Waals surface area contributed by atoms with Crippen LogP contribution in [0.1, 0.15) is 59.3 Å². The predicted molar refractivity (Wildman–Crippen MR) is 75.6 cm³/mol. The molecule has 1 aliphatic heterocycles. The minimum absolute atomic E-state index is 0.286. The Morgan fingerprint density at radius 3 is 2.71 bits per heavy atom. The first-order valence-electron chi connectivity index (χ1n) is 7.04. The van der Waals surface area contributed by atoms with Gasteiger partial charge in [-0.1, -0.05) is 27.2 Å². The quantitative estimate of drug-likeness (QED) is 0.664. The third-order valence-electron chi connectivity index (χ3n) is 3.23. The Kier molecular flexibility index (Phi) is 6.90. The summed E-state index contributed by atoms with van der Waals surface area (Å²) >= 11 is 4.25. The molecule has 2 atom stereocenters. The zero-order valence-electron chi connectivity index (χ0n) is 11.6. The van der Waals surface area contributed by atoms with Gasteiger partial charge in [-0.3, -0.25) is 0 Å². The maximum atomic E-state index is 6.21. The Balaban J connectivity index is 2.48. The van der Waals surface area contributed by atoms with Crippen molar-refractivity contribution < 1.29 is 9.47 Å². The Morgan fingerprint density at radius 2 is 2.12 bits per heavy atom. The maximum absolute atomic E-state index is 6.21. The molecule has 1 aliphatic rings. The summed E-state index contributed by atoms with van der Waals surface area (Å²) in [5, 5.41) is 0. The Hall–Kier alpha value is 0.270. The lowest BCUT2D eigenvalue weighted by atomic mass is 9.98. The molecule has 2 nitrogen and oxygen atoms in total. The molecule has 17 heavy (non-hydrogen) atoms. The van der Waals surface area contributed by atoms with E-state index in [0.717, 1.165) is 38.0 Å². The van der Waals surface area contributed by atoms with Crippen LogP contribution in [-0.4, -0.2) is 24.3 Å². The summed E-state index contributed by atoms with van der Waals surface area (Å²) < 4.78 is 12.2. The van der Waals surface area contributed by atoms with Crippen molar-refractivity contribution in [3.63, 3.8) is 0 Å². The van der Waals surface area contributed by atoms with E-state index in [9.17, 15) is 0 Å². The molecule has 0 bridgehead atoms. The van der Waals surface area contributed by atoms with Gasteiger partial charge < -0.3 is 9.47 Å². The minimum Gasteiger partial charge on any atom is -0.347 e. The average molecular weight is 260 g/mol. The highest BCUT2D eigenvalue weighted by Gasteiger charge is 2.40. The first-order chi connectivity index (χ1) is 8.12. The van der Waals surface area contributed by atoms with Crippen LogP contribution >= 0.6 is 12.6 Å². The van der Waals surface area contributed by atoms with Gasteiger partial charge in [-0.2, -0.15) is 12.6 Å². The summed E-state index contributed by atoms with van der Waals surface area (Å²) in [6, 6.07) is 0. The van der Waals surface area contributed by atoms with Gasteiger partial charge in [-0.05, 0) is 30.9 Å². The van der Waals surface area contributed by atoms with Gasteiger partial charge in [-0.15, -0.1) is 0 Å². The second-order valence-electron chi connectivity index (χ2n) is 5.53. The molecule has 0 radical (unpaired) electrons. The maximum Gasteiger partial charge on any atom is 0.169 e. The van der Waals surface area contributed by atoms with E-state index in [1.54, 1.807) is 0 Å². The highest BCUT2D eigenvalue weighted by molar-refractivity contribution is 7.80. The third-order valence-corrected chi connectivity index (χ3v) is 3.54.